The quantitative estimate of drug-likeness (QED) is 0.435. The van der Waals surface area contributed by atoms with Crippen LogP contribution in [-0.4, -0.2) is 39.0 Å². The molecule has 212 valence electrons. The maximum atomic E-state index is 13.6. The number of halogens is 2. The second-order valence-corrected chi connectivity index (χ2v) is 11.8. The number of alkyl halides is 2. The number of benzene rings is 1. The van der Waals surface area contributed by atoms with E-state index in [0.717, 1.165) is 51.0 Å². The molecule has 1 N–H and O–H groups in total. The normalized spacial score (nSPS) is 25.2. The number of anilines is 1. The second-order valence-electron chi connectivity index (χ2n) is 11.8. The molecule has 3 saturated carbocycles. The highest BCUT2D eigenvalue weighted by Gasteiger charge is 2.52. The minimum Gasteiger partial charge on any atom is -0.381 e. The fourth-order valence-electron chi connectivity index (χ4n) is 6.46. The van der Waals surface area contributed by atoms with E-state index in [1.54, 1.807) is 12.3 Å². The molecule has 3 heterocycles. The average molecular weight is 554 g/mol. The van der Waals surface area contributed by atoms with Gasteiger partial charge in [0.25, 0.3) is 11.4 Å². The molecule has 4 aliphatic rings. The summed E-state index contributed by atoms with van der Waals surface area (Å²) in [5, 5.41) is 11.4. The van der Waals surface area contributed by atoms with E-state index in [4.69, 9.17) is 9.26 Å². The summed E-state index contributed by atoms with van der Waals surface area (Å²) in [6, 6.07) is 9.03. The minimum atomic E-state index is -3.16. The molecule has 3 aliphatic carbocycles. The first-order valence-electron chi connectivity index (χ1n) is 13.9. The predicted molar refractivity (Wildman–Crippen MR) is 142 cm³/mol. The third-order valence-electron chi connectivity index (χ3n) is 9.09. The van der Waals surface area contributed by atoms with Crippen molar-refractivity contribution in [2.45, 2.75) is 76.2 Å². The maximum absolute atomic E-state index is 13.6. The van der Waals surface area contributed by atoms with Crippen LogP contribution in [0.5, 0.6) is 0 Å². The Kier molecular flexibility index (Phi) is 6.80. The van der Waals surface area contributed by atoms with Crippen molar-refractivity contribution in [3.63, 3.8) is 0 Å². The van der Waals surface area contributed by atoms with Crippen LogP contribution in [0.4, 0.5) is 14.5 Å². The molecule has 7 rings (SSSR count). The van der Waals surface area contributed by atoms with Crippen molar-refractivity contribution in [2.24, 2.45) is 11.3 Å². The predicted octanol–water partition coefficient (Wildman–Crippen LogP) is 5.06. The van der Waals surface area contributed by atoms with Gasteiger partial charge in [-0.05, 0) is 74.5 Å². The van der Waals surface area contributed by atoms with Gasteiger partial charge in [0.2, 0.25) is 5.91 Å². The highest BCUT2D eigenvalue weighted by atomic mass is 19.3. The molecule has 2 aromatic heterocycles. The molecule has 0 radical (unpaired) electrons. The molecule has 9 nitrogen and oxygen atoms in total. The summed E-state index contributed by atoms with van der Waals surface area (Å²) in [6.45, 7) is 2.46. The van der Waals surface area contributed by atoms with Crippen LogP contribution in [0, 0.1) is 11.3 Å². The van der Waals surface area contributed by atoms with E-state index in [1.807, 2.05) is 24.3 Å². The van der Waals surface area contributed by atoms with Crippen LogP contribution >= 0.6 is 0 Å². The van der Waals surface area contributed by atoms with E-state index in [9.17, 15) is 18.4 Å². The van der Waals surface area contributed by atoms with Gasteiger partial charge < -0.3 is 14.6 Å². The SMILES string of the molecule is CC(F)(F)c1nc(C23CCC(Cn4ncc(-c5cccc(NC(=O)C6CCOCC6)c5)cc4=O)(CC2)CC3)no1. The van der Waals surface area contributed by atoms with E-state index in [0.29, 0.717) is 49.7 Å². The topological polar surface area (TPSA) is 112 Å². The molecule has 4 fully saturated rings. The highest BCUT2D eigenvalue weighted by Crippen LogP contribution is 2.57. The lowest BCUT2D eigenvalue weighted by Gasteiger charge is -2.52. The Balaban J connectivity index is 1.12. The molecule has 0 atom stereocenters. The number of hydrogen-bond donors (Lipinski definition) is 1. The molecule has 3 aromatic rings. The van der Waals surface area contributed by atoms with Gasteiger partial charge in [0.05, 0.1) is 12.7 Å². The zero-order chi connectivity index (χ0) is 28.0. The number of carbonyl (C=O) groups is 1. The van der Waals surface area contributed by atoms with Crippen molar-refractivity contribution in [3.8, 4) is 11.1 Å². The van der Waals surface area contributed by atoms with Gasteiger partial charge in [-0.1, -0.05) is 17.3 Å². The summed E-state index contributed by atoms with van der Waals surface area (Å²) < 4.78 is 39.0. The lowest BCUT2D eigenvalue weighted by atomic mass is 9.53. The summed E-state index contributed by atoms with van der Waals surface area (Å²) >= 11 is 0. The van der Waals surface area contributed by atoms with Gasteiger partial charge in [-0.3, -0.25) is 9.59 Å². The van der Waals surface area contributed by atoms with Crippen molar-refractivity contribution < 1.29 is 22.8 Å². The number of ether oxygens (including phenoxy) is 1. The van der Waals surface area contributed by atoms with Gasteiger partial charge >= 0.3 is 5.92 Å². The highest BCUT2D eigenvalue weighted by molar-refractivity contribution is 5.93. The van der Waals surface area contributed by atoms with Crippen molar-refractivity contribution in [3.05, 3.63) is 58.6 Å². The van der Waals surface area contributed by atoms with E-state index in [1.165, 1.54) is 4.68 Å². The Bertz CT molecular complexity index is 1430. The summed E-state index contributed by atoms with van der Waals surface area (Å²) in [4.78, 5) is 29.8. The Morgan fingerprint density at radius 3 is 2.48 bits per heavy atom. The van der Waals surface area contributed by atoms with Gasteiger partial charge in [0.15, 0.2) is 5.82 Å². The van der Waals surface area contributed by atoms with E-state index >= 15 is 0 Å². The van der Waals surface area contributed by atoms with Crippen molar-refractivity contribution in [2.75, 3.05) is 18.5 Å². The summed E-state index contributed by atoms with van der Waals surface area (Å²) in [7, 11) is 0. The molecule has 1 amide bonds. The number of rotatable bonds is 7. The molecule has 2 bridgehead atoms. The fraction of sp³-hybridized carbons (Fsp3) is 0.552. The zero-order valence-corrected chi connectivity index (χ0v) is 22.5. The summed E-state index contributed by atoms with van der Waals surface area (Å²) in [5.74, 6) is -3.49. The lowest BCUT2D eigenvalue weighted by Crippen LogP contribution is -2.47. The van der Waals surface area contributed by atoms with Crippen LogP contribution < -0.4 is 10.9 Å². The largest absolute Gasteiger partial charge is 0.381 e. The van der Waals surface area contributed by atoms with Crippen molar-refractivity contribution >= 4 is 11.6 Å². The number of carbonyl (C=O) groups excluding carboxylic acids is 1. The summed E-state index contributed by atoms with van der Waals surface area (Å²) in [5.41, 5.74) is 1.57. The number of nitrogens with zero attached hydrogens (tertiary/aromatic N) is 4. The summed E-state index contributed by atoms with van der Waals surface area (Å²) in [6.07, 6.45) is 7.93. The monoisotopic (exact) mass is 553 g/mol. The number of nitrogens with one attached hydrogen (secondary N) is 1. The van der Waals surface area contributed by atoms with E-state index < -0.39 is 11.8 Å². The number of fused-ring (bicyclic) bond motifs is 3. The number of hydrogen-bond acceptors (Lipinski definition) is 7. The lowest BCUT2D eigenvalue weighted by molar-refractivity contribution is -0.122. The molecule has 1 aromatic carbocycles. The Morgan fingerprint density at radius 2 is 1.82 bits per heavy atom. The zero-order valence-electron chi connectivity index (χ0n) is 22.5. The third kappa shape index (κ3) is 5.18. The van der Waals surface area contributed by atoms with E-state index in [2.05, 4.69) is 20.6 Å². The van der Waals surface area contributed by atoms with Gasteiger partial charge in [0.1, 0.15) is 0 Å². The molecule has 0 unspecified atom stereocenters. The van der Waals surface area contributed by atoms with Crippen LogP contribution in [0.25, 0.3) is 11.1 Å². The molecule has 40 heavy (non-hydrogen) atoms. The van der Waals surface area contributed by atoms with Crippen LogP contribution in [0.1, 0.15) is 70.0 Å². The standard InChI is InChI=1S/C29H33F2N5O4/c1-27(30,31)26-34-25(35-40-26)29-10-7-28(8-11-29,9-12-29)18-36-23(37)16-21(17-32-36)20-3-2-4-22(15-20)33-24(38)19-5-13-39-14-6-19/h2-4,15-17,19H,5-14,18H2,1H3,(H,33,38). The smallest absolute Gasteiger partial charge is 0.322 e. The fourth-order valence-corrected chi connectivity index (χ4v) is 6.46. The van der Waals surface area contributed by atoms with Crippen molar-refractivity contribution in [1.29, 1.82) is 0 Å². The first kappa shape index (κ1) is 26.7. The number of aromatic nitrogens is 4. The first-order chi connectivity index (χ1) is 19.1. The maximum Gasteiger partial charge on any atom is 0.322 e. The Morgan fingerprint density at radius 1 is 1.10 bits per heavy atom. The second kappa shape index (κ2) is 10.2. The molecule has 0 spiro atoms. The molecule has 1 saturated heterocycles. The van der Waals surface area contributed by atoms with Gasteiger partial charge in [-0.15, -0.1) is 0 Å². The number of amides is 1. The average Bonchev–Trinajstić information content (AvgIpc) is 3.48. The van der Waals surface area contributed by atoms with Crippen LogP contribution in [0.2, 0.25) is 0 Å². The third-order valence-corrected chi connectivity index (χ3v) is 9.09. The van der Waals surface area contributed by atoms with Crippen LogP contribution in [-0.2, 0) is 27.4 Å². The molecular formula is C29H33F2N5O4. The molecule has 11 heteroatoms. The van der Waals surface area contributed by atoms with Crippen LogP contribution in [0.3, 0.4) is 0 Å². The van der Waals surface area contributed by atoms with E-state index in [-0.39, 0.29) is 28.2 Å². The van der Waals surface area contributed by atoms with Crippen molar-refractivity contribution in [1.82, 2.24) is 19.9 Å². The van der Waals surface area contributed by atoms with Gasteiger partial charge in [-0.25, -0.2) is 4.68 Å². The Hall–Kier alpha value is -3.47. The molecular weight excluding hydrogens is 520 g/mol. The molecule has 1 aliphatic heterocycles. The Labute approximate surface area is 230 Å². The van der Waals surface area contributed by atoms with Gasteiger partial charge in [-0.2, -0.15) is 18.9 Å². The van der Waals surface area contributed by atoms with Gasteiger partial charge in [0, 0.05) is 48.8 Å². The minimum absolute atomic E-state index is 0.0136. The van der Waals surface area contributed by atoms with Crippen LogP contribution in [0.15, 0.2) is 45.8 Å². The first-order valence-corrected chi connectivity index (χ1v) is 13.9.